The maximum absolute atomic E-state index is 12.8. The zero-order valence-electron chi connectivity index (χ0n) is 9.75. The highest BCUT2D eigenvalue weighted by molar-refractivity contribution is 5.23. The highest BCUT2D eigenvalue weighted by Crippen LogP contribution is 2.37. The SMILES string of the molecule is CC1CCCC(O)(c2ccc(F)cc2)CC1. The lowest BCUT2D eigenvalue weighted by molar-refractivity contribution is 0.0198. The fourth-order valence-electron chi connectivity index (χ4n) is 2.55. The molecule has 2 unspecified atom stereocenters. The molecule has 1 saturated carbocycles. The molecule has 88 valence electrons. The molecule has 1 N–H and O–H groups in total. The van der Waals surface area contributed by atoms with E-state index in [1.807, 2.05) is 0 Å². The van der Waals surface area contributed by atoms with Crippen LogP contribution in [0.25, 0.3) is 0 Å². The lowest BCUT2D eigenvalue weighted by Crippen LogP contribution is -2.24. The Morgan fingerprint density at radius 2 is 1.88 bits per heavy atom. The molecule has 1 nitrogen and oxygen atoms in total. The van der Waals surface area contributed by atoms with E-state index in [4.69, 9.17) is 0 Å². The van der Waals surface area contributed by atoms with Gasteiger partial charge in [0.05, 0.1) is 5.60 Å². The predicted molar refractivity (Wildman–Crippen MR) is 62.5 cm³/mol. The molecule has 0 saturated heterocycles. The molecule has 0 amide bonds. The smallest absolute Gasteiger partial charge is 0.123 e. The summed E-state index contributed by atoms with van der Waals surface area (Å²) in [6.07, 6.45) is 4.87. The minimum atomic E-state index is -0.738. The van der Waals surface area contributed by atoms with Crippen molar-refractivity contribution in [3.05, 3.63) is 35.6 Å². The van der Waals surface area contributed by atoms with Crippen LogP contribution in [0.4, 0.5) is 4.39 Å². The van der Waals surface area contributed by atoms with Gasteiger partial charge < -0.3 is 5.11 Å². The fraction of sp³-hybridized carbons (Fsp3) is 0.571. The Hall–Kier alpha value is -0.890. The van der Waals surface area contributed by atoms with Crippen molar-refractivity contribution < 1.29 is 9.50 Å². The van der Waals surface area contributed by atoms with Crippen LogP contribution in [-0.4, -0.2) is 5.11 Å². The Balaban J connectivity index is 2.20. The van der Waals surface area contributed by atoms with Gasteiger partial charge in [-0.25, -0.2) is 4.39 Å². The Morgan fingerprint density at radius 1 is 1.19 bits per heavy atom. The maximum atomic E-state index is 12.8. The van der Waals surface area contributed by atoms with Crippen molar-refractivity contribution in [1.82, 2.24) is 0 Å². The summed E-state index contributed by atoms with van der Waals surface area (Å²) in [7, 11) is 0. The Labute approximate surface area is 96.3 Å². The first-order chi connectivity index (χ1) is 7.60. The minimum Gasteiger partial charge on any atom is -0.385 e. The zero-order valence-corrected chi connectivity index (χ0v) is 9.75. The maximum Gasteiger partial charge on any atom is 0.123 e. The third-order valence-corrected chi connectivity index (χ3v) is 3.72. The molecule has 2 atom stereocenters. The van der Waals surface area contributed by atoms with E-state index in [2.05, 4.69) is 6.92 Å². The van der Waals surface area contributed by atoms with Crippen molar-refractivity contribution >= 4 is 0 Å². The van der Waals surface area contributed by atoms with Crippen LogP contribution in [0.5, 0.6) is 0 Å². The first-order valence-electron chi connectivity index (χ1n) is 6.08. The van der Waals surface area contributed by atoms with Crippen LogP contribution in [0.3, 0.4) is 0 Å². The second-order valence-electron chi connectivity index (χ2n) is 5.07. The van der Waals surface area contributed by atoms with E-state index in [1.54, 1.807) is 12.1 Å². The summed E-state index contributed by atoms with van der Waals surface area (Å²) in [6.45, 7) is 2.23. The van der Waals surface area contributed by atoms with Crippen LogP contribution in [0.2, 0.25) is 0 Å². The van der Waals surface area contributed by atoms with Crippen molar-refractivity contribution in [3.63, 3.8) is 0 Å². The average molecular weight is 222 g/mol. The third kappa shape index (κ3) is 2.43. The number of hydrogen-bond acceptors (Lipinski definition) is 1. The molecule has 16 heavy (non-hydrogen) atoms. The van der Waals surface area contributed by atoms with Crippen LogP contribution in [-0.2, 0) is 5.60 Å². The van der Waals surface area contributed by atoms with Gasteiger partial charge in [-0.2, -0.15) is 0 Å². The van der Waals surface area contributed by atoms with Crippen LogP contribution >= 0.6 is 0 Å². The van der Waals surface area contributed by atoms with E-state index in [0.29, 0.717) is 5.92 Å². The fourth-order valence-corrected chi connectivity index (χ4v) is 2.55. The Kier molecular flexibility index (Phi) is 3.29. The van der Waals surface area contributed by atoms with Crippen LogP contribution in [0.15, 0.2) is 24.3 Å². The first-order valence-corrected chi connectivity index (χ1v) is 6.08. The van der Waals surface area contributed by atoms with E-state index in [0.717, 1.165) is 31.2 Å². The summed E-state index contributed by atoms with van der Waals surface area (Å²) in [5, 5.41) is 10.6. The average Bonchev–Trinajstić information content (AvgIpc) is 2.43. The minimum absolute atomic E-state index is 0.241. The molecule has 0 heterocycles. The molecule has 1 aromatic rings. The molecule has 1 aliphatic rings. The van der Waals surface area contributed by atoms with Crippen molar-refractivity contribution in [2.24, 2.45) is 5.92 Å². The molecule has 0 aliphatic heterocycles. The predicted octanol–water partition coefficient (Wildman–Crippen LogP) is 3.61. The van der Waals surface area contributed by atoms with Crippen molar-refractivity contribution in [2.45, 2.75) is 44.6 Å². The molecular formula is C14H19FO. The van der Waals surface area contributed by atoms with Gasteiger partial charge in [0.15, 0.2) is 0 Å². The second-order valence-corrected chi connectivity index (χ2v) is 5.07. The Bertz CT molecular complexity index is 346. The lowest BCUT2D eigenvalue weighted by Gasteiger charge is -2.27. The van der Waals surface area contributed by atoms with Crippen molar-refractivity contribution in [1.29, 1.82) is 0 Å². The summed E-state index contributed by atoms with van der Waals surface area (Å²) >= 11 is 0. The standard InChI is InChI=1S/C14H19FO/c1-11-3-2-9-14(16,10-8-11)12-4-6-13(15)7-5-12/h4-7,11,16H,2-3,8-10H2,1H3. The van der Waals surface area contributed by atoms with E-state index in [9.17, 15) is 9.50 Å². The van der Waals surface area contributed by atoms with E-state index >= 15 is 0 Å². The van der Waals surface area contributed by atoms with Gasteiger partial charge in [0.1, 0.15) is 5.82 Å². The van der Waals surface area contributed by atoms with Gasteiger partial charge in [0, 0.05) is 0 Å². The molecule has 2 rings (SSSR count). The number of halogens is 1. The zero-order chi connectivity index (χ0) is 11.6. The van der Waals surface area contributed by atoms with Crippen molar-refractivity contribution in [3.8, 4) is 0 Å². The molecule has 0 radical (unpaired) electrons. The molecule has 1 fully saturated rings. The molecule has 0 aromatic heterocycles. The molecular weight excluding hydrogens is 203 g/mol. The van der Waals surface area contributed by atoms with Crippen molar-refractivity contribution in [2.75, 3.05) is 0 Å². The number of benzene rings is 1. The highest BCUT2D eigenvalue weighted by atomic mass is 19.1. The summed E-state index contributed by atoms with van der Waals surface area (Å²) in [4.78, 5) is 0. The van der Waals surface area contributed by atoms with Gasteiger partial charge in [-0.1, -0.05) is 25.5 Å². The molecule has 0 bridgehead atoms. The summed E-state index contributed by atoms with van der Waals surface area (Å²) < 4.78 is 12.8. The van der Waals surface area contributed by atoms with Gasteiger partial charge >= 0.3 is 0 Å². The number of rotatable bonds is 1. The summed E-state index contributed by atoms with van der Waals surface area (Å²) in [6, 6.07) is 6.29. The molecule has 2 heteroatoms. The van der Waals surface area contributed by atoms with Gasteiger partial charge in [-0.3, -0.25) is 0 Å². The summed E-state index contributed by atoms with van der Waals surface area (Å²) in [5.41, 5.74) is 0.126. The molecule has 1 aromatic carbocycles. The largest absolute Gasteiger partial charge is 0.385 e. The quantitative estimate of drug-likeness (QED) is 0.720. The molecule has 0 spiro atoms. The first kappa shape index (κ1) is 11.6. The monoisotopic (exact) mass is 222 g/mol. The number of aliphatic hydroxyl groups is 1. The van der Waals surface area contributed by atoms with E-state index < -0.39 is 5.60 Å². The van der Waals surface area contributed by atoms with E-state index in [1.165, 1.54) is 18.6 Å². The highest BCUT2D eigenvalue weighted by Gasteiger charge is 2.31. The topological polar surface area (TPSA) is 20.2 Å². The van der Waals surface area contributed by atoms with Crippen LogP contribution in [0, 0.1) is 11.7 Å². The normalized spacial score (nSPS) is 31.1. The van der Waals surface area contributed by atoms with Crippen LogP contribution < -0.4 is 0 Å². The third-order valence-electron chi connectivity index (χ3n) is 3.72. The second kappa shape index (κ2) is 4.54. The van der Waals surface area contributed by atoms with Gasteiger partial charge in [-0.05, 0) is 49.3 Å². The molecule has 1 aliphatic carbocycles. The van der Waals surface area contributed by atoms with E-state index in [-0.39, 0.29) is 5.82 Å². The lowest BCUT2D eigenvalue weighted by atomic mass is 9.86. The van der Waals surface area contributed by atoms with Gasteiger partial charge in [-0.15, -0.1) is 0 Å². The van der Waals surface area contributed by atoms with Gasteiger partial charge in [0.25, 0.3) is 0 Å². The summed E-state index contributed by atoms with van der Waals surface area (Å²) in [5.74, 6) is 0.448. The Morgan fingerprint density at radius 3 is 2.56 bits per heavy atom. The number of hydrogen-bond donors (Lipinski definition) is 1. The van der Waals surface area contributed by atoms with Gasteiger partial charge in [0.2, 0.25) is 0 Å². The van der Waals surface area contributed by atoms with Crippen LogP contribution in [0.1, 0.15) is 44.6 Å².